The van der Waals surface area contributed by atoms with Gasteiger partial charge in [-0.1, -0.05) is 0 Å². The zero-order valence-corrected chi connectivity index (χ0v) is 27.2. The van der Waals surface area contributed by atoms with E-state index in [-0.39, 0.29) is 28.3 Å². The summed E-state index contributed by atoms with van der Waals surface area (Å²) in [4.78, 5) is 72.1. The van der Waals surface area contributed by atoms with E-state index in [0.29, 0.717) is 0 Å². The fourth-order valence-electron chi connectivity index (χ4n) is 5.06. The third-order valence-electron chi connectivity index (χ3n) is 7.25. The molecule has 0 radical (unpaired) electrons. The van der Waals surface area contributed by atoms with Crippen LogP contribution in [0.15, 0.2) is 28.6 Å². The van der Waals surface area contributed by atoms with Crippen molar-refractivity contribution in [1.29, 1.82) is 0 Å². The number of aliphatic hydroxyl groups is 4. The first-order valence-corrected chi connectivity index (χ1v) is 18.2. The van der Waals surface area contributed by atoms with Crippen LogP contribution >= 0.6 is 23.5 Å². The highest BCUT2D eigenvalue weighted by Gasteiger charge is 2.50. The first-order valence-electron chi connectivity index (χ1n) is 13.7. The molecule has 11 N–H and O–H groups in total. The van der Waals surface area contributed by atoms with E-state index in [1.807, 2.05) is 0 Å². The third kappa shape index (κ3) is 7.21. The van der Waals surface area contributed by atoms with Gasteiger partial charge in [0.25, 0.3) is 11.1 Å². The molecule has 0 aliphatic carbocycles. The molecule has 4 aromatic heterocycles. The highest BCUT2D eigenvalue weighted by molar-refractivity contribution is 7.66. The number of fused-ring (bicyclic) bond motifs is 2. The predicted octanol–water partition coefficient (Wildman–Crippen LogP) is -3.56. The lowest BCUT2D eigenvalue weighted by atomic mass is 10.1. The van der Waals surface area contributed by atoms with Gasteiger partial charge in [-0.05, 0) is 0 Å². The second-order valence-electron chi connectivity index (χ2n) is 10.6. The standard InChI is InChI=1S/C20H26N9O18P3/c21-20-26-15-9(17(35)27-20)25-5-29(15)19-13(33)11(31)7(45-19)2-43-50(41,47-49(39,40)46-48(36,37)38)42-1-6-10(30)12(32)18(44-6)28-4-24-8-14(28)22-3-23-16(8)34/h3-7,10-13,18-19,30-33H,1-2H2,(H,39,40)(H,22,23,34)(H2,36,37,38)(H3,21,26,27,35)/t6-,7-,10-,11-,12-,13-,18-,19-,50?/m1/s1. The molecule has 4 aromatic rings. The van der Waals surface area contributed by atoms with Gasteiger partial charge < -0.3 is 55.3 Å². The van der Waals surface area contributed by atoms with E-state index >= 15 is 0 Å². The van der Waals surface area contributed by atoms with Crippen molar-refractivity contribution in [1.82, 2.24) is 39.0 Å². The number of phosphoric ester groups is 1. The molecule has 10 atom stereocenters. The normalized spacial score (nSPS) is 29.8. The Morgan fingerprint density at radius 3 is 1.84 bits per heavy atom. The Kier molecular flexibility index (Phi) is 9.72. The highest BCUT2D eigenvalue weighted by atomic mass is 31.3. The van der Waals surface area contributed by atoms with Crippen LogP contribution in [-0.2, 0) is 40.8 Å². The molecule has 274 valence electrons. The number of aromatic nitrogens is 8. The topological polar surface area (TPSA) is 401 Å². The number of nitrogens with one attached hydrogen (secondary N) is 2. The molecule has 0 spiro atoms. The van der Waals surface area contributed by atoms with Crippen LogP contribution in [0.1, 0.15) is 12.5 Å². The summed E-state index contributed by atoms with van der Waals surface area (Å²) in [6, 6.07) is 0. The van der Waals surface area contributed by atoms with E-state index in [4.69, 9.17) is 34.0 Å². The monoisotopic (exact) mass is 773 g/mol. The number of rotatable bonds is 12. The van der Waals surface area contributed by atoms with E-state index in [2.05, 4.69) is 38.5 Å². The molecule has 0 amide bonds. The molecular formula is C20H26N9O18P3. The zero-order chi connectivity index (χ0) is 36.3. The minimum atomic E-state index is -5.99. The molecule has 2 saturated heterocycles. The van der Waals surface area contributed by atoms with E-state index < -0.39 is 96.9 Å². The fourth-order valence-corrected chi connectivity index (χ4v) is 8.65. The maximum absolute atomic E-state index is 13.6. The number of aliphatic hydroxyl groups excluding tert-OH is 4. The first-order chi connectivity index (χ1) is 23.4. The van der Waals surface area contributed by atoms with Crippen molar-refractivity contribution >= 4 is 51.7 Å². The van der Waals surface area contributed by atoms with Gasteiger partial charge in [0, 0.05) is 0 Å². The molecule has 50 heavy (non-hydrogen) atoms. The maximum atomic E-state index is 13.6. The van der Waals surface area contributed by atoms with Crippen molar-refractivity contribution in [2.24, 2.45) is 0 Å². The minimum absolute atomic E-state index is 0.0648. The van der Waals surface area contributed by atoms with Gasteiger partial charge in [0.15, 0.2) is 34.8 Å². The van der Waals surface area contributed by atoms with Gasteiger partial charge in [-0.25, -0.2) is 28.6 Å². The molecule has 2 unspecified atom stereocenters. The number of ether oxygens (including phenoxy) is 2. The Morgan fingerprint density at radius 2 is 1.30 bits per heavy atom. The van der Waals surface area contributed by atoms with Gasteiger partial charge in [-0.15, -0.1) is 0 Å². The van der Waals surface area contributed by atoms with Crippen molar-refractivity contribution < 1.29 is 75.9 Å². The molecule has 0 bridgehead atoms. The summed E-state index contributed by atoms with van der Waals surface area (Å²) >= 11 is 0. The van der Waals surface area contributed by atoms with Gasteiger partial charge in [0.1, 0.15) is 36.6 Å². The lowest BCUT2D eigenvalue weighted by Gasteiger charge is -2.24. The van der Waals surface area contributed by atoms with Crippen LogP contribution in [0.2, 0.25) is 0 Å². The van der Waals surface area contributed by atoms with E-state index in [1.165, 1.54) is 0 Å². The molecule has 0 aromatic carbocycles. The molecule has 0 saturated carbocycles. The largest absolute Gasteiger partial charge is 0.490 e. The van der Waals surface area contributed by atoms with Crippen LogP contribution in [0.4, 0.5) is 5.95 Å². The number of hydrogen-bond acceptors (Lipinski definition) is 20. The number of aromatic amines is 2. The maximum Gasteiger partial charge on any atom is 0.490 e. The van der Waals surface area contributed by atoms with Gasteiger partial charge in [-0.3, -0.25) is 32.8 Å². The Labute approximate surface area is 274 Å². The minimum Gasteiger partial charge on any atom is -0.387 e. The molecule has 6 rings (SSSR count). The van der Waals surface area contributed by atoms with Gasteiger partial charge in [0.2, 0.25) is 5.95 Å². The molecule has 27 nitrogen and oxygen atoms in total. The summed E-state index contributed by atoms with van der Waals surface area (Å²) in [6.45, 7) is -2.17. The van der Waals surface area contributed by atoms with Gasteiger partial charge >= 0.3 is 23.5 Å². The Bertz CT molecular complexity index is 2170. The number of phosphoric acid groups is 3. The number of imidazole rings is 2. The van der Waals surface area contributed by atoms with Crippen LogP contribution in [0.3, 0.4) is 0 Å². The molecule has 6 heterocycles. The van der Waals surface area contributed by atoms with Crippen LogP contribution < -0.4 is 16.9 Å². The zero-order valence-electron chi connectivity index (χ0n) is 24.5. The lowest BCUT2D eigenvalue weighted by molar-refractivity contribution is -0.0607. The van der Waals surface area contributed by atoms with Crippen molar-refractivity contribution in [3.63, 3.8) is 0 Å². The van der Waals surface area contributed by atoms with Crippen molar-refractivity contribution in [2.75, 3.05) is 18.9 Å². The average Bonchev–Trinajstić information content (AvgIpc) is 3.76. The number of nitrogens with zero attached hydrogens (tertiary/aromatic N) is 6. The van der Waals surface area contributed by atoms with Crippen molar-refractivity contribution in [2.45, 2.75) is 49.1 Å². The predicted molar refractivity (Wildman–Crippen MR) is 156 cm³/mol. The Hall–Kier alpha value is -3.33. The number of H-pyrrole nitrogens is 2. The number of nitrogens with two attached hydrogens (primary N) is 1. The molecule has 2 aliphatic rings. The number of anilines is 1. The highest BCUT2D eigenvalue weighted by Crippen LogP contribution is 2.68. The Balaban J connectivity index is 1.20. The summed E-state index contributed by atoms with van der Waals surface area (Å²) in [5.41, 5.74) is 3.62. The average molecular weight is 773 g/mol. The van der Waals surface area contributed by atoms with Crippen LogP contribution in [0.5, 0.6) is 0 Å². The Morgan fingerprint density at radius 1 is 0.780 bits per heavy atom. The van der Waals surface area contributed by atoms with Crippen LogP contribution in [0, 0.1) is 0 Å². The molecular weight excluding hydrogens is 747 g/mol. The summed E-state index contributed by atoms with van der Waals surface area (Å²) in [7, 11) is -17.3. The van der Waals surface area contributed by atoms with E-state index in [1.54, 1.807) is 0 Å². The SMILES string of the molecule is Nc1nc2c(ncn2[C@@H]2O[C@H](COP(=O)(OC[C@H]3O[C@@H](n4cnc5c(=O)[nH]cnc54)[C@H](O)[C@@H]3O)OP(=O)(O)OP(=O)(O)O)[C@@H](O)[C@H]2O)c(=O)[nH]1. The summed E-state index contributed by atoms with van der Waals surface area (Å²) in [5, 5.41) is 42.6. The van der Waals surface area contributed by atoms with Crippen LogP contribution in [0.25, 0.3) is 22.3 Å². The van der Waals surface area contributed by atoms with Crippen molar-refractivity contribution in [3.05, 3.63) is 39.7 Å². The summed E-state index contributed by atoms with van der Waals surface area (Å²) < 4.78 is 68.6. The van der Waals surface area contributed by atoms with Gasteiger partial charge in [-0.2, -0.15) is 13.6 Å². The van der Waals surface area contributed by atoms with Gasteiger partial charge in [0.05, 0.1) is 32.2 Å². The third-order valence-corrected chi connectivity index (χ3v) is 11.5. The smallest absolute Gasteiger partial charge is 0.387 e. The summed E-state index contributed by atoms with van der Waals surface area (Å²) in [6.07, 6.45) is -10.4. The quantitative estimate of drug-likeness (QED) is 0.0623. The first kappa shape index (κ1) is 36.5. The second kappa shape index (κ2) is 13.3. The molecule has 2 fully saturated rings. The fraction of sp³-hybridized carbons (Fsp3) is 0.500. The number of hydrogen-bond donors (Lipinski definition) is 10. The molecule has 2 aliphatic heterocycles. The van der Waals surface area contributed by atoms with E-state index in [0.717, 1.165) is 28.1 Å². The van der Waals surface area contributed by atoms with Crippen LogP contribution in [-0.4, -0.2) is 124 Å². The second-order valence-corrected chi connectivity index (χ2v) is 15.2. The van der Waals surface area contributed by atoms with E-state index in [9.17, 15) is 48.6 Å². The number of nitrogen functional groups attached to an aromatic ring is 1. The lowest BCUT2D eigenvalue weighted by Crippen LogP contribution is -2.34. The van der Waals surface area contributed by atoms with Crippen molar-refractivity contribution in [3.8, 4) is 0 Å². The summed E-state index contributed by atoms with van der Waals surface area (Å²) in [5.74, 6) is -0.321. The molecule has 30 heteroatoms.